The molecule has 0 saturated heterocycles. The standard InChI is InChI=1S/C10H13Cl2N3O/c11-9-5-8(10(12)15-14-9)16-7-3-1-6(13)2-4-7/h5-7H,1-4,13H2. The number of ether oxygens (including phenoxy) is 1. The Balaban J connectivity index is 2.00. The second-order valence-corrected chi connectivity index (χ2v) is 4.72. The zero-order chi connectivity index (χ0) is 11.5. The molecule has 1 saturated carbocycles. The number of rotatable bonds is 2. The minimum atomic E-state index is 0.151. The van der Waals surface area contributed by atoms with E-state index < -0.39 is 0 Å². The average molecular weight is 262 g/mol. The number of hydrogen-bond acceptors (Lipinski definition) is 4. The number of nitrogens with two attached hydrogens (primary N) is 1. The van der Waals surface area contributed by atoms with Crippen molar-refractivity contribution in [2.24, 2.45) is 5.73 Å². The third kappa shape index (κ3) is 2.97. The first kappa shape index (κ1) is 11.9. The van der Waals surface area contributed by atoms with Crippen LogP contribution in [0.15, 0.2) is 6.07 Å². The van der Waals surface area contributed by atoms with E-state index >= 15 is 0 Å². The van der Waals surface area contributed by atoms with E-state index in [1.807, 2.05) is 0 Å². The van der Waals surface area contributed by atoms with Gasteiger partial charge in [0.05, 0.1) is 6.10 Å². The van der Waals surface area contributed by atoms with Crippen molar-refractivity contribution in [3.63, 3.8) is 0 Å². The van der Waals surface area contributed by atoms with Crippen LogP contribution in [0, 0.1) is 0 Å². The van der Waals surface area contributed by atoms with Crippen LogP contribution in [0.5, 0.6) is 5.75 Å². The molecule has 0 unspecified atom stereocenters. The van der Waals surface area contributed by atoms with Crippen molar-refractivity contribution in [2.75, 3.05) is 0 Å². The highest BCUT2D eigenvalue weighted by Crippen LogP contribution is 2.28. The van der Waals surface area contributed by atoms with Gasteiger partial charge in [-0.25, -0.2) is 0 Å². The molecule has 16 heavy (non-hydrogen) atoms. The molecule has 0 spiro atoms. The van der Waals surface area contributed by atoms with Gasteiger partial charge in [-0.15, -0.1) is 10.2 Å². The maximum absolute atomic E-state index is 5.86. The fourth-order valence-corrected chi connectivity index (χ4v) is 2.08. The lowest BCUT2D eigenvalue weighted by Gasteiger charge is -2.26. The van der Waals surface area contributed by atoms with E-state index in [4.69, 9.17) is 33.7 Å². The first-order valence-electron chi connectivity index (χ1n) is 5.26. The van der Waals surface area contributed by atoms with Gasteiger partial charge in [-0.05, 0) is 25.7 Å². The highest BCUT2D eigenvalue weighted by molar-refractivity contribution is 6.32. The van der Waals surface area contributed by atoms with E-state index in [1.54, 1.807) is 6.07 Å². The molecule has 6 heteroatoms. The molecule has 2 N–H and O–H groups in total. The van der Waals surface area contributed by atoms with Gasteiger partial charge in [-0.1, -0.05) is 23.2 Å². The summed E-state index contributed by atoms with van der Waals surface area (Å²) in [5.74, 6) is 0.502. The van der Waals surface area contributed by atoms with E-state index in [9.17, 15) is 0 Å². The molecule has 4 nitrogen and oxygen atoms in total. The number of hydrogen-bond donors (Lipinski definition) is 1. The SMILES string of the molecule is NC1CCC(Oc2cc(Cl)nnc2Cl)CC1. The Bertz CT molecular complexity index is 367. The van der Waals surface area contributed by atoms with Crippen molar-refractivity contribution < 1.29 is 4.74 Å². The van der Waals surface area contributed by atoms with Crippen LogP contribution in [0.1, 0.15) is 25.7 Å². The van der Waals surface area contributed by atoms with Gasteiger partial charge in [0.1, 0.15) is 0 Å². The molecule has 0 amide bonds. The zero-order valence-corrected chi connectivity index (χ0v) is 10.2. The van der Waals surface area contributed by atoms with Crippen molar-refractivity contribution >= 4 is 23.2 Å². The lowest BCUT2D eigenvalue weighted by Crippen LogP contribution is -2.31. The highest BCUT2D eigenvalue weighted by Gasteiger charge is 2.21. The van der Waals surface area contributed by atoms with Crippen molar-refractivity contribution in [2.45, 2.75) is 37.8 Å². The van der Waals surface area contributed by atoms with Crippen LogP contribution in [-0.2, 0) is 0 Å². The van der Waals surface area contributed by atoms with E-state index in [0.29, 0.717) is 11.8 Å². The third-order valence-corrected chi connectivity index (χ3v) is 3.15. The topological polar surface area (TPSA) is 61.0 Å². The lowest BCUT2D eigenvalue weighted by atomic mass is 9.94. The van der Waals surface area contributed by atoms with Gasteiger partial charge in [0.15, 0.2) is 16.1 Å². The minimum absolute atomic E-state index is 0.151. The highest BCUT2D eigenvalue weighted by atomic mass is 35.5. The normalized spacial score (nSPS) is 25.4. The maximum Gasteiger partial charge on any atom is 0.193 e. The Labute approximate surface area is 104 Å². The summed E-state index contributed by atoms with van der Waals surface area (Å²) in [5, 5.41) is 7.85. The Hall–Kier alpha value is -0.580. The molecule has 1 aliphatic rings. The molecule has 1 aromatic rings. The molecule has 2 rings (SSSR count). The fourth-order valence-electron chi connectivity index (χ4n) is 1.81. The number of aromatic nitrogens is 2. The van der Waals surface area contributed by atoms with Crippen molar-refractivity contribution in [3.8, 4) is 5.75 Å². The van der Waals surface area contributed by atoms with Gasteiger partial charge >= 0.3 is 0 Å². The van der Waals surface area contributed by atoms with E-state index in [2.05, 4.69) is 10.2 Å². The molecule has 0 aromatic carbocycles. The second-order valence-electron chi connectivity index (χ2n) is 3.98. The number of halogens is 2. The van der Waals surface area contributed by atoms with Crippen molar-refractivity contribution in [1.82, 2.24) is 10.2 Å². The first-order chi connectivity index (χ1) is 7.65. The predicted molar refractivity (Wildman–Crippen MR) is 62.9 cm³/mol. The van der Waals surface area contributed by atoms with Crippen molar-refractivity contribution in [3.05, 3.63) is 16.4 Å². The minimum Gasteiger partial charge on any atom is -0.487 e. The van der Waals surface area contributed by atoms with Gasteiger partial charge in [0.2, 0.25) is 0 Å². The van der Waals surface area contributed by atoms with Crippen LogP contribution in [0.3, 0.4) is 0 Å². The fraction of sp³-hybridized carbons (Fsp3) is 0.600. The predicted octanol–water partition coefficient (Wildman–Crippen LogP) is 2.43. The number of nitrogens with zero attached hydrogens (tertiary/aromatic N) is 2. The van der Waals surface area contributed by atoms with Gasteiger partial charge < -0.3 is 10.5 Å². The average Bonchev–Trinajstić information content (AvgIpc) is 2.27. The van der Waals surface area contributed by atoms with E-state index in [-0.39, 0.29) is 16.4 Å². The Morgan fingerprint density at radius 2 is 1.88 bits per heavy atom. The van der Waals surface area contributed by atoms with Gasteiger partial charge in [0, 0.05) is 12.1 Å². The summed E-state index contributed by atoms with van der Waals surface area (Å²) < 4.78 is 5.74. The largest absolute Gasteiger partial charge is 0.487 e. The Morgan fingerprint density at radius 1 is 1.19 bits per heavy atom. The van der Waals surface area contributed by atoms with Crippen LogP contribution in [0.25, 0.3) is 0 Å². The molecule has 0 atom stereocenters. The summed E-state index contributed by atoms with van der Waals surface area (Å²) in [5.41, 5.74) is 5.82. The van der Waals surface area contributed by atoms with Gasteiger partial charge in [-0.3, -0.25) is 0 Å². The lowest BCUT2D eigenvalue weighted by molar-refractivity contribution is 0.146. The van der Waals surface area contributed by atoms with Gasteiger partial charge in [0.25, 0.3) is 0 Å². The molecule has 0 aliphatic heterocycles. The molecule has 0 bridgehead atoms. The van der Waals surface area contributed by atoms with Gasteiger partial charge in [-0.2, -0.15) is 0 Å². The molecule has 1 aromatic heterocycles. The zero-order valence-electron chi connectivity index (χ0n) is 8.70. The molecule has 1 fully saturated rings. The smallest absolute Gasteiger partial charge is 0.193 e. The Kier molecular flexibility index (Phi) is 3.84. The molecule has 1 aliphatic carbocycles. The molecular weight excluding hydrogens is 249 g/mol. The van der Waals surface area contributed by atoms with Crippen LogP contribution in [0.2, 0.25) is 10.3 Å². The summed E-state index contributed by atoms with van der Waals surface area (Å²) in [4.78, 5) is 0. The molecule has 0 radical (unpaired) electrons. The summed E-state index contributed by atoms with van der Waals surface area (Å²) in [6, 6.07) is 1.89. The van der Waals surface area contributed by atoms with E-state index in [0.717, 1.165) is 25.7 Å². The Morgan fingerprint density at radius 3 is 2.56 bits per heavy atom. The first-order valence-corrected chi connectivity index (χ1v) is 6.01. The molecule has 88 valence electrons. The molecule has 1 heterocycles. The summed E-state index contributed by atoms with van der Waals surface area (Å²) in [6.07, 6.45) is 4.00. The summed E-state index contributed by atoms with van der Waals surface area (Å²) in [7, 11) is 0. The van der Waals surface area contributed by atoms with Crippen LogP contribution in [-0.4, -0.2) is 22.3 Å². The summed E-state index contributed by atoms with van der Waals surface area (Å²) in [6.45, 7) is 0. The maximum atomic E-state index is 5.86. The quantitative estimate of drug-likeness (QED) is 0.889. The van der Waals surface area contributed by atoms with Crippen LogP contribution in [0.4, 0.5) is 0 Å². The van der Waals surface area contributed by atoms with Crippen LogP contribution < -0.4 is 10.5 Å². The van der Waals surface area contributed by atoms with Crippen LogP contribution >= 0.6 is 23.2 Å². The molecular formula is C10H13Cl2N3O. The second kappa shape index (κ2) is 5.17. The van der Waals surface area contributed by atoms with Crippen molar-refractivity contribution in [1.29, 1.82) is 0 Å². The monoisotopic (exact) mass is 261 g/mol. The third-order valence-electron chi connectivity index (χ3n) is 2.70. The summed E-state index contributed by atoms with van der Waals surface area (Å²) >= 11 is 11.6. The van der Waals surface area contributed by atoms with E-state index in [1.165, 1.54) is 0 Å².